The molecule has 0 atom stereocenters. The van der Waals surface area contributed by atoms with Crippen molar-refractivity contribution in [3.8, 4) is 11.1 Å². The molecule has 150 valence electrons. The van der Waals surface area contributed by atoms with Crippen LogP contribution in [0.5, 0.6) is 0 Å². The molecule has 9 heteroatoms. The highest BCUT2D eigenvalue weighted by Crippen LogP contribution is 2.42. The van der Waals surface area contributed by atoms with Crippen LogP contribution < -0.4 is 5.73 Å². The van der Waals surface area contributed by atoms with Crippen LogP contribution >= 0.6 is 0 Å². The second-order valence-electron chi connectivity index (χ2n) is 6.06. The Morgan fingerprint density at radius 2 is 1.24 bits per heavy atom. The van der Waals surface area contributed by atoms with Gasteiger partial charge in [0.25, 0.3) is 0 Å². The van der Waals surface area contributed by atoms with Gasteiger partial charge in [0.05, 0.1) is 22.5 Å². The Bertz CT molecular complexity index is 1040. The van der Waals surface area contributed by atoms with Gasteiger partial charge in [0.15, 0.2) is 0 Å². The van der Waals surface area contributed by atoms with E-state index < -0.39 is 34.7 Å². The second kappa shape index (κ2) is 7.57. The molecular formula is C20H13F6N3. The number of azo groups is 1. The monoisotopic (exact) mass is 409 g/mol. The number of rotatable bonds is 3. The molecule has 0 aliphatic carbocycles. The maximum atomic E-state index is 13.6. The summed E-state index contributed by atoms with van der Waals surface area (Å²) in [4.78, 5) is 0. The van der Waals surface area contributed by atoms with E-state index in [0.29, 0.717) is 11.8 Å². The Balaban J connectivity index is 2.07. The molecule has 0 amide bonds. The van der Waals surface area contributed by atoms with E-state index >= 15 is 0 Å². The van der Waals surface area contributed by atoms with E-state index in [4.69, 9.17) is 5.73 Å². The smallest absolute Gasteiger partial charge is 0.398 e. The lowest BCUT2D eigenvalue weighted by atomic mass is 9.96. The third kappa shape index (κ3) is 4.74. The van der Waals surface area contributed by atoms with Crippen LogP contribution in [0.25, 0.3) is 11.1 Å². The average molecular weight is 409 g/mol. The van der Waals surface area contributed by atoms with E-state index in [9.17, 15) is 26.3 Å². The molecule has 3 aromatic carbocycles. The minimum Gasteiger partial charge on any atom is -0.398 e. The molecule has 0 bridgehead atoms. The maximum absolute atomic E-state index is 13.6. The summed E-state index contributed by atoms with van der Waals surface area (Å²) >= 11 is 0. The molecule has 29 heavy (non-hydrogen) atoms. The zero-order valence-electron chi connectivity index (χ0n) is 14.6. The molecule has 0 fully saturated rings. The minimum atomic E-state index is -4.81. The van der Waals surface area contributed by atoms with E-state index in [2.05, 4.69) is 10.2 Å². The van der Waals surface area contributed by atoms with Crippen molar-refractivity contribution < 1.29 is 26.3 Å². The molecule has 0 aliphatic rings. The third-order valence-electron chi connectivity index (χ3n) is 4.02. The molecule has 3 aromatic rings. The van der Waals surface area contributed by atoms with Gasteiger partial charge in [0.2, 0.25) is 0 Å². The summed E-state index contributed by atoms with van der Waals surface area (Å²) in [5.41, 5.74) is 2.12. The number of nitrogens with zero attached hydrogens (tertiary/aromatic N) is 2. The van der Waals surface area contributed by atoms with Gasteiger partial charge in [-0.2, -0.15) is 36.6 Å². The van der Waals surface area contributed by atoms with Crippen LogP contribution in [0.15, 0.2) is 77.0 Å². The molecule has 3 nitrogen and oxygen atoms in total. The summed E-state index contributed by atoms with van der Waals surface area (Å²) in [6, 6.07) is 14.1. The lowest BCUT2D eigenvalue weighted by Crippen LogP contribution is -2.10. The van der Waals surface area contributed by atoms with Crippen LogP contribution in [0.1, 0.15) is 11.1 Å². The lowest BCUT2D eigenvalue weighted by Gasteiger charge is -2.16. The van der Waals surface area contributed by atoms with Crippen molar-refractivity contribution in [2.75, 3.05) is 5.73 Å². The highest BCUT2D eigenvalue weighted by Gasteiger charge is 2.36. The number of hydrogen-bond donors (Lipinski definition) is 1. The number of hydrogen-bond acceptors (Lipinski definition) is 3. The third-order valence-corrected chi connectivity index (χ3v) is 4.02. The normalized spacial score (nSPS) is 12.5. The molecule has 0 spiro atoms. The first kappa shape index (κ1) is 20.4. The summed E-state index contributed by atoms with van der Waals surface area (Å²) in [5, 5.41) is 7.63. The van der Waals surface area contributed by atoms with Crippen LogP contribution in [-0.4, -0.2) is 0 Å². The largest absolute Gasteiger partial charge is 0.418 e. The lowest BCUT2D eigenvalue weighted by molar-refractivity contribution is -0.137. The van der Waals surface area contributed by atoms with Crippen LogP contribution in [0.2, 0.25) is 0 Å². The van der Waals surface area contributed by atoms with Crippen molar-refractivity contribution in [1.82, 2.24) is 0 Å². The number of benzene rings is 3. The van der Waals surface area contributed by atoms with Gasteiger partial charge in [-0.05, 0) is 47.5 Å². The van der Waals surface area contributed by atoms with Crippen LogP contribution in [-0.2, 0) is 12.4 Å². The average Bonchev–Trinajstić information content (AvgIpc) is 2.66. The predicted molar refractivity (Wildman–Crippen MR) is 96.9 cm³/mol. The summed E-state index contributed by atoms with van der Waals surface area (Å²) in [5.74, 6) is 0. The number of nitrogen functional groups attached to an aromatic ring is 1. The van der Waals surface area contributed by atoms with E-state index in [1.54, 1.807) is 30.3 Å². The Hall–Kier alpha value is -3.36. The Morgan fingerprint density at radius 3 is 1.86 bits per heavy atom. The molecular weight excluding hydrogens is 396 g/mol. The highest BCUT2D eigenvalue weighted by molar-refractivity contribution is 5.73. The molecule has 0 aromatic heterocycles. The quantitative estimate of drug-likeness (QED) is 0.274. The zero-order valence-corrected chi connectivity index (χ0v) is 14.6. The van der Waals surface area contributed by atoms with Gasteiger partial charge < -0.3 is 5.73 Å². The Morgan fingerprint density at radius 1 is 0.621 bits per heavy atom. The first-order valence-electron chi connectivity index (χ1n) is 8.21. The SMILES string of the molecule is Nc1ccc(-c2ccc(/N=N/c3ccccc3)cc2C(F)(F)F)cc1C(F)(F)F. The van der Waals surface area contributed by atoms with Gasteiger partial charge in [-0.3, -0.25) is 0 Å². The Kier molecular flexibility index (Phi) is 5.32. The van der Waals surface area contributed by atoms with Crippen molar-refractivity contribution in [3.63, 3.8) is 0 Å². The topological polar surface area (TPSA) is 50.7 Å². The van der Waals surface area contributed by atoms with Crippen molar-refractivity contribution in [2.45, 2.75) is 12.4 Å². The predicted octanol–water partition coefficient (Wildman–Crippen LogP) is 7.39. The number of nitrogens with two attached hydrogens (primary N) is 1. The molecule has 0 saturated heterocycles. The van der Waals surface area contributed by atoms with E-state index in [1.165, 1.54) is 6.07 Å². The summed E-state index contributed by atoms with van der Waals surface area (Å²) < 4.78 is 79.9. The Labute approximate surface area is 161 Å². The fourth-order valence-corrected chi connectivity index (χ4v) is 2.66. The summed E-state index contributed by atoms with van der Waals surface area (Å²) in [6.45, 7) is 0. The standard InChI is InChI=1S/C20H13F6N3/c21-19(22,23)16-11-14(29-28-13-4-2-1-3-5-13)7-8-15(16)12-6-9-18(27)17(10-12)20(24,25)26/h1-11H,27H2/b29-28+. The van der Waals surface area contributed by atoms with Crippen molar-refractivity contribution in [2.24, 2.45) is 10.2 Å². The van der Waals surface area contributed by atoms with Crippen LogP contribution in [0.3, 0.4) is 0 Å². The second-order valence-corrected chi connectivity index (χ2v) is 6.06. The van der Waals surface area contributed by atoms with E-state index in [1.807, 2.05) is 0 Å². The van der Waals surface area contributed by atoms with E-state index in [-0.39, 0.29) is 11.3 Å². The van der Waals surface area contributed by atoms with Crippen molar-refractivity contribution >= 4 is 17.1 Å². The van der Waals surface area contributed by atoms with E-state index in [0.717, 1.165) is 24.3 Å². The van der Waals surface area contributed by atoms with Crippen molar-refractivity contribution in [3.05, 3.63) is 77.9 Å². The van der Waals surface area contributed by atoms with Gasteiger partial charge in [-0.25, -0.2) is 0 Å². The molecule has 0 saturated carbocycles. The van der Waals surface area contributed by atoms with Gasteiger partial charge in [-0.1, -0.05) is 30.3 Å². The number of anilines is 1. The molecule has 3 rings (SSSR count). The number of halogens is 6. The fraction of sp³-hybridized carbons (Fsp3) is 0.100. The van der Waals surface area contributed by atoms with Gasteiger partial charge in [0.1, 0.15) is 0 Å². The minimum absolute atomic E-state index is 0.0867. The summed E-state index contributed by atoms with van der Waals surface area (Å²) in [7, 11) is 0. The first-order valence-corrected chi connectivity index (χ1v) is 8.21. The molecule has 2 N–H and O–H groups in total. The molecule has 0 heterocycles. The highest BCUT2D eigenvalue weighted by atomic mass is 19.4. The first-order chi connectivity index (χ1) is 13.6. The molecule has 0 radical (unpaired) electrons. The molecule has 0 unspecified atom stereocenters. The van der Waals surface area contributed by atoms with Gasteiger partial charge in [0, 0.05) is 5.69 Å². The van der Waals surface area contributed by atoms with Gasteiger partial charge >= 0.3 is 12.4 Å². The maximum Gasteiger partial charge on any atom is 0.418 e. The van der Waals surface area contributed by atoms with Crippen LogP contribution in [0.4, 0.5) is 43.4 Å². The molecule has 0 aliphatic heterocycles. The fourth-order valence-electron chi connectivity index (χ4n) is 2.66. The van der Waals surface area contributed by atoms with Gasteiger partial charge in [-0.15, -0.1) is 0 Å². The van der Waals surface area contributed by atoms with Crippen LogP contribution in [0, 0.1) is 0 Å². The number of alkyl halides is 6. The van der Waals surface area contributed by atoms with Crippen molar-refractivity contribution in [1.29, 1.82) is 0 Å². The summed E-state index contributed by atoms with van der Waals surface area (Å²) in [6.07, 6.45) is -9.60. The zero-order chi connectivity index (χ0) is 21.2.